The smallest absolute Gasteiger partial charge is 0.311 e. The highest BCUT2D eigenvalue weighted by Gasteiger charge is 2.72. The zero-order valence-electron chi connectivity index (χ0n) is 11.7. The van der Waals surface area contributed by atoms with E-state index in [0.717, 1.165) is 0 Å². The summed E-state index contributed by atoms with van der Waals surface area (Å²) in [6, 6.07) is 0. The summed E-state index contributed by atoms with van der Waals surface area (Å²) >= 11 is 0. The lowest BCUT2D eigenvalue weighted by molar-refractivity contribution is -0.160. The van der Waals surface area contributed by atoms with Gasteiger partial charge in [-0.1, -0.05) is 13.8 Å². The van der Waals surface area contributed by atoms with Crippen LogP contribution in [0.2, 0.25) is 0 Å². The molecule has 0 aromatic rings. The van der Waals surface area contributed by atoms with Gasteiger partial charge in [-0.05, 0) is 18.3 Å². The molecule has 6 heteroatoms. The normalized spacial score (nSPS) is 34.0. The van der Waals surface area contributed by atoms with Crippen LogP contribution in [0.3, 0.4) is 0 Å². The van der Waals surface area contributed by atoms with Crippen molar-refractivity contribution in [2.24, 2.45) is 22.7 Å². The molecule has 0 aromatic carbocycles. The summed E-state index contributed by atoms with van der Waals surface area (Å²) in [5.74, 6) is -1.84. The Morgan fingerprint density at radius 2 is 1.75 bits per heavy atom. The van der Waals surface area contributed by atoms with E-state index in [0.29, 0.717) is 26.1 Å². The van der Waals surface area contributed by atoms with Gasteiger partial charge in [0.05, 0.1) is 17.3 Å². The summed E-state index contributed by atoms with van der Waals surface area (Å²) in [4.78, 5) is 37.4. The summed E-state index contributed by atoms with van der Waals surface area (Å²) in [6.45, 7) is 4.54. The largest absolute Gasteiger partial charge is 0.481 e. The van der Waals surface area contributed by atoms with E-state index in [9.17, 15) is 19.5 Å². The number of carbonyl (C=O) groups excluding carboxylic acids is 2. The molecule has 2 unspecified atom stereocenters. The van der Waals surface area contributed by atoms with Gasteiger partial charge in [0.2, 0.25) is 11.8 Å². The minimum atomic E-state index is -1.04. The fraction of sp³-hybridized carbons (Fsp3) is 0.786. The summed E-state index contributed by atoms with van der Waals surface area (Å²) in [5.41, 5.74) is -1.29. The van der Waals surface area contributed by atoms with Gasteiger partial charge in [-0.15, -0.1) is 0 Å². The number of carboxylic acids is 1. The summed E-state index contributed by atoms with van der Waals surface area (Å²) in [6.07, 6.45) is 0.691. The second-order valence-electron chi connectivity index (χ2n) is 6.74. The van der Waals surface area contributed by atoms with Crippen LogP contribution in [0.4, 0.5) is 0 Å². The van der Waals surface area contributed by atoms with Crippen molar-refractivity contribution in [3.8, 4) is 0 Å². The number of amides is 2. The lowest BCUT2D eigenvalue weighted by atomic mass is 9.79. The quantitative estimate of drug-likeness (QED) is 0.762. The standard InChI is InChI=1S/C14H19NO5/c1-13(2)8-9(13)11(17)15(10(8)16)7-14(12(18)19)3-5-20-6-4-14/h8-9H,3-7H2,1-2H3,(H,18,19). The predicted octanol–water partition coefficient (Wildman–Crippen LogP) is 0.509. The number of carbonyl (C=O) groups is 3. The Labute approximate surface area is 117 Å². The topological polar surface area (TPSA) is 83.9 Å². The Morgan fingerprint density at radius 3 is 2.20 bits per heavy atom. The van der Waals surface area contributed by atoms with Crippen molar-refractivity contribution in [1.29, 1.82) is 0 Å². The fourth-order valence-electron chi connectivity index (χ4n) is 3.66. The molecule has 2 atom stereocenters. The van der Waals surface area contributed by atoms with Gasteiger partial charge in [0.1, 0.15) is 0 Å². The highest BCUT2D eigenvalue weighted by atomic mass is 16.5. The minimum Gasteiger partial charge on any atom is -0.481 e. The zero-order chi connectivity index (χ0) is 14.7. The van der Waals surface area contributed by atoms with Gasteiger partial charge in [-0.2, -0.15) is 0 Å². The van der Waals surface area contributed by atoms with Crippen molar-refractivity contribution in [2.45, 2.75) is 26.7 Å². The van der Waals surface area contributed by atoms with Gasteiger partial charge in [-0.25, -0.2) is 0 Å². The Morgan fingerprint density at radius 1 is 1.25 bits per heavy atom. The van der Waals surface area contributed by atoms with Gasteiger partial charge in [0, 0.05) is 19.8 Å². The molecule has 3 rings (SSSR count). The lowest BCUT2D eigenvalue weighted by Crippen LogP contribution is -2.50. The Balaban J connectivity index is 1.80. The average molecular weight is 281 g/mol. The maximum Gasteiger partial charge on any atom is 0.311 e. The minimum absolute atomic E-state index is 0.00750. The average Bonchev–Trinajstić information content (AvgIpc) is 2.87. The van der Waals surface area contributed by atoms with E-state index in [2.05, 4.69) is 0 Å². The molecule has 3 aliphatic rings. The molecule has 0 spiro atoms. The van der Waals surface area contributed by atoms with Crippen molar-refractivity contribution < 1.29 is 24.2 Å². The van der Waals surface area contributed by atoms with Crippen molar-refractivity contribution in [1.82, 2.24) is 4.90 Å². The maximum atomic E-state index is 12.3. The van der Waals surface area contributed by atoms with E-state index in [1.165, 1.54) is 4.90 Å². The van der Waals surface area contributed by atoms with Crippen LogP contribution < -0.4 is 0 Å². The molecule has 0 bridgehead atoms. The molecule has 0 radical (unpaired) electrons. The second kappa shape index (κ2) is 4.04. The number of likely N-dealkylation sites (tertiary alicyclic amines) is 1. The molecule has 2 amide bonds. The molecule has 3 fully saturated rings. The van der Waals surface area contributed by atoms with Crippen LogP contribution >= 0.6 is 0 Å². The molecule has 2 aliphatic heterocycles. The highest BCUT2D eigenvalue weighted by Crippen LogP contribution is 2.63. The molecular weight excluding hydrogens is 262 g/mol. The number of carboxylic acid groups (broad SMARTS) is 1. The van der Waals surface area contributed by atoms with E-state index in [4.69, 9.17) is 4.74 Å². The van der Waals surface area contributed by atoms with Crippen LogP contribution in [-0.2, 0) is 19.1 Å². The van der Waals surface area contributed by atoms with Crippen LogP contribution in [0.5, 0.6) is 0 Å². The molecular formula is C14H19NO5. The van der Waals surface area contributed by atoms with Crippen molar-refractivity contribution in [3.05, 3.63) is 0 Å². The highest BCUT2D eigenvalue weighted by molar-refractivity contribution is 6.10. The second-order valence-corrected chi connectivity index (χ2v) is 6.74. The van der Waals surface area contributed by atoms with Gasteiger partial charge in [0.25, 0.3) is 0 Å². The third-order valence-corrected chi connectivity index (χ3v) is 5.26. The van der Waals surface area contributed by atoms with Crippen LogP contribution in [0.15, 0.2) is 0 Å². The van der Waals surface area contributed by atoms with Crippen LogP contribution in [-0.4, -0.2) is 47.5 Å². The monoisotopic (exact) mass is 281 g/mol. The van der Waals surface area contributed by atoms with Crippen LogP contribution in [0.25, 0.3) is 0 Å². The Hall–Kier alpha value is -1.43. The van der Waals surface area contributed by atoms with E-state index >= 15 is 0 Å². The van der Waals surface area contributed by atoms with Gasteiger partial charge in [-0.3, -0.25) is 19.3 Å². The zero-order valence-corrected chi connectivity index (χ0v) is 11.7. The number of rotatable bonds is 3. The van der Waals surface area contributed by atoms with Gasteiger partial charge < -0.3 is 9.84 Å². The lowest BCUT2D eigenvalue weighted by Gasteiger charge is -2.36. The number of nitrogens with zero attached hydrogens (tertiary/aromatic N) is 1. The molecule has 0 aromatic heterocycles. The molecule has 20 heavy (non-hydrogen) atoms. The summed E-state index contributed by atoms with van der Waals surface area (Å²) < 4.78 is 5.20. The number of aliphatic carboxylic acids is 1. The van der Waals surface area contributed by atoms with Crippen LogP contribution in [0.1, 0.15) is 26.7 Å². The molecule has 1 aliphatic carbocycles. The van der Waals surface area contributed by atoms with Crippen molar-refractivity contribution in [3.63, 3.8) is 0 Å². The summed E-state index contributed by atoms with van der Waals surface area (Å²) in [5, 5.41) is 9.50. The maximum absolute atomic E-state index is 12.3. The third kappa shape index (κ3) is 1.63. The van der Waals surface area contributed by atoms with Gasteiger partial charge >= 0.3 is 5.97 Å². The van der Waals surface area contributed by atoms with E-state index in [1.54, 1.807) is 0 Å². The molecule has 1 saturated carbocycles. The van der Waals surface area contributed by atoms with Gasteiger partial charge in [0.15, 0.2) is 0 Å². The molecule has 2 saturated heterocycles. The SMILES string of the molecule is CC1(C)C2C(=O)N(CC3(C(=O)O)CCOCC3)C(=O)C21. The van der Waals surface area contributed by atoms with Crippen LogP contribution in [0, 0.1) is 22.7 Å². The predicted molar refractivity (Wildman–Crippen MR) is 67.6 cm³/mol. The Bertz CT molecular complexity index is 468. The first kappa shape index (κ1) is 13.5. The number of imide groups is 1. The number of fused-ring (bicyclic) bond motifs is 1. The molecule has 6 nitrogen and oxygen atoms in total. The van der Waals surface area contributed by atoms with E-state index < -0.39 is 11.4 Å². The van der Waals surface area contributed by atoms with E-state index in [-0.39, 0.29) is 35.6 Å². The van der Waals surface area contributed by atoms with E-state index in [1.807, 2.05) is 13.8 Å². The first-order chi connectivity index (χ1) is 9.31. The molecule has 110 valence electrons. The first-order valence-corrected chi connectivity index (χ1v) is 6.98. The molecule has 1 N–H and O–H groups in total. The first-order valence-electron chi connectivity index (χ1n) is 6.98. The molecule has 2 heterocycles. The number of ether oxygens (including phenoxy) is 1. The van der Waals surface area contributed by atoms with Crippen molar-refractivity contribution in [2.75, 3.05) is 19.8 Å². The number of hydrogen-bond acceptors (Lipinski definition) is 4. The van der Waals surface area contributed by atoms with Crippen molar-refractivity contribution >= 4 is 17.8 Å². The Kier molecular flexibility index (Phi) is 2.73. The summed E-state index contributed by atoms with van der Waals surface area (Å²) in [7, 11) is 0. The fourth-order valence-corrected chi connectivity index (χ4v) is 3.66. The number of piperidine rings is 1. The third-order valence-electron chi connectivity index (χ3n) is 5.26. The number of hydrogen-bond donors (Lipinski definition) is 1.